The van der Waals surface area contributed by atoms with E-state index in [1.165, 1.54) is 0 Å². The number of rotatable bonds is 7. The van der Waals surface area contributed by atoms with Gasteiger partial charge in [0.1, 0.15) is 0 Å². The Hall–Kier alpha value is -1.04. The maximum absolute atomic E-state index is 10.9. The number of nitrogens with zero attached hydrogens (tertiary/aromatic N) is 3. The second-order valence-electron chi connectivity index (χ2n) is 3.51. The minimum absolute atomic E-state index is 0.103. The lowest BCUT2D eigenvalue weighted by atomic mass is 10.2. The predicted octanol–water partition coefficient (Wildman–Crippen LogP) is 1.68. The highest BCUT2D eigenvalue weighted by molar-refractivity contribution is 7.98. The monoisotopic (exact) mass is 243 g/mol. The van der Waals surface area contributed by atoms with Crippen LogP contribution in [0.15, 0.2) is 0 Å². The van der Waals surface area contributed by atoms with E-state index >= 15 is 0 Å². The summed E-state index contributed by atoms with van der Waals surface area (Å²) in [6, 6.07) is 0. The molecule has 5 nitrogen and oxygen atoms in total. The van der Waals surface area contributed by atoms with Crippen LogP contribution in [0.4, 0.5) is 0 Å². The summed E-state index contributed by atoms with van der Waals surface area (Å²) >= 11 is 1.78. The van der Waals surface area contributed by atoms with Crippen molar-refractivity contribution in [1.29, 1.82) is 0 Å². The highest BCUT2D eigenvalue weighted by Crippen LogP contribution is 2.10. The Morgan fingerprint density at radius 3 is 2.88 bits per heavy atom. The minimum Gasteiger partial charge on any atom is -0.476 e. The van der Waals surface area contributed by atoms with Crippen molar-refractivity contribution in [2.75, 3.05) is 12.0 Å². The first kappa shape index (κ1) is 13.0. The van der Waals surface area contributed by atoms with E-state index in [2.05, 4.69) is 16.6 Å². The topological polar surface area (TPSA) is 68.0 Å². The molecule has 0 saturated carbocycles. The first-order valence-electron chi connectivity index (χ1n) is 5.35. The average molecular weight is 243 g/mol. The molecule has 0 unspecified atom stereocenters. The highest BCUT2D eigenvalue weighted by atomic mass is 32.2. The molecule has 0 aliphatic rings. The molecule has 1 heterocycles. The molecule has 1 aromatic rings. The Balaban J connectivity index is 2.78. The summed E-state index contributed by atoms with van der Waals surface area (Å²) in [7, 11) is 0. The van der Waals surface area contributed by atoms with Gasteiger partial charge in [0.25, 0.3) is 0 Å². The van der Waals surface area contributed by atoms with Gasteiger partial charge in [-0.15, -0.1) is 5.10 Å². The van der Waals surface area contributed by atoms with Crippen LogP contribution in [0, 0.1) is 0 Å². The fourth-order valence-electron chi connectivity index (χ4n) is 1.52. The summed E-state index contributed by atoms with van der Waals surface area (Å²) < 4.78 is 1.73. The number of aromatic carboxylic acids is 1. The summed E-state index contributed by atoms with van der Waals surface area (Å²) in [6.45, 7) is 2.77. The first-order chi connectivity index (χ1) is 7.70. The van der Waals surface area contributed by atoms with Gasteiger partial charge in [-0.3, -0.25) is 0 Å². The number of carboxylic acids is 1. The van der Waals surface area contributed by atoms with Crippen molar-refractivity contribution in [2.45, 2.75) is 32.7 Å². The van der Waals surface area contributed by atoms with Gasteiger partial charge < -0.3 is 5.11 Å². The number of hydrogen-bond acceptors (Lipinski definition) is 4. The van der Waals surface area contributed by atoms with Crippen molar-refractivity contribution in [3.8, 4) is 0 Å². The largest absolute Gasteiger partial charge is 0.476 e. The molecule has 0 radical (unpaired) electrons. The van der Waals surface area contributed by atoms with Crippen LogP contribution in [0.5, 0.6) is 0 Å². The average Bonchev–Trinajstić information content (AvgIpc) is 2.63. The van der Waals surface area contributed by atoms with Gasteiger partial charge in [-0.2, -0.15) is 11.8 Å². The van der Waals surface area contributed by atoms with Gasteiger partial charge in [0, 0.05) is 6.54 Å². The lowest BCUT2D eigenvalue weighted by molar-refractivity contribution is 0.0689. The van der Waals surface area contributed by atoms with Crippen molar-refractivity contribution in [3.05, 3.63) is 11.4 Å². The summed E-state index contributed by atoms with van der Waals surface area (Å²) in [5, 5.41) is 16.6. The first-order valence-corrected chi connectivity index (χ1v) is 6.74. The number of thioether (sulfide) groups is 1. The van der Waals surface area contributed by atoms with E-state index in [1.807, 2.05) is 6.92 Å². The Morgan fingerprint density at radius 2 is 2.31 bits per heavy atom. The van der Waals surface area contributed by atoms with Crippen LogP contribution in [0.3, 0.4) is 0 Å². The lowest BCUT2D eigenvalue weighted by Gasteiger charge is -2.05. The molecule has 1 N–H and O–H groups in total. The van der Waals surface area contributed by atoms with Crippen LogP contribution in [0.1, 0.15) is 35.9 Å². The van der Waals surface area contributed by atoms with Gasteiger partial charge in [-0.1, -0.05) is 18.6 Å². The van der Waals surface area contributed by atoms with Crippen LogP contribution in [-0.4, -0.2) is 38.1 Å². The lowest BCUT2D eigenvalue weighted by Crippen LogP contribution is -2.09. The van der Waals surface area contributed by atoms with Crippen LogP contribution in [-0.2, 0) is 13.0 Å². The second kappa shape index (κ2) is 6.52. The van der Waals surface area contributed by atoms with Crippen molar-refractivity contribution in [3.63, 3.8) is 0 Å². The van der Waals surface area contributed by atoms with Crippen molar-refractivity contribution in [2.24, 2.45) is 0 Å². The fourth-order valence-corrected chi connectivity index (χ4v) is 1.94. The molecule has 6 heteroatoms. The molecular formula is C10H17N3O2S. The second-order valence-corrected chi connectivity index (χ2v) is 4.49. The predicted molar refractivity (Wildman–Crippen MR) is 64.0 cm³/mol. The third-order valence-corrected chi connectivity index (χ3v) is 2.94. The number of carboxylic acid groups (broad SMARTS) is 1. The Labute approximate surface area is 99.2 Å². The third-order valence-electron chi connectivity index (χ3n) is 2.25. The molecule has 1 aromatic heterocycles. The molecule has 0 amide bonds. The fraction of sp³-hybridized carbons (Fsp3) is 0.700. The maximum atomic E-state index is 10.9. The van der Waals surface area contributed by atoms with E-state index < -0.39 is 5.97 Å². The van der Waals surface area contributed by atoms with Crippen LogP contribution in [0.25, 0.3) is 0 Å². The van der Waals surface area contributed by atoms with Gasteiger partial charge in [-0.05, 0) is 24.9 Å². The molecule has 0 aliphatic heterocycles. The van der Waals surface area contributed by atoms with Crippen LogP contribution >= 0.6 is 11.8 Å². The number of aryl methyl sites for hydroxylation is 1. The van der Waals surface area contributed by atoms with Crippen molar-refractivity contribution < 1.29 is 9.90 Å². The Morgan fingerprint density at radius 1 is 1.56 bits per heavy atom. The highest BCUT2D eigenvalue weighted by Gasteiger charge is 2.17. The molecule has 0 aromatic carbocycles. The van der Waals surface area contributed by atoms with E-state index in [0.717, 1.165) is 30.8 Å². The Kier molecular flexibility index (Phi) is 5.31. The molecule has 0 fully saturated rings. The molecular weight excluding hydrogens is 226 g/mol. The molecule has 0 aliphatic carbocycles. The molecule has 0 saturated heterocycles. The van der Waals surface area contributed by atoms with E-state index in [0.29, 0.717) is 6.42 Å². The maximum Gasteiger partial charge on any atom is 0.358 e. The van der Waals surface area contributed by atoms with Gasteiger partial charge in [0.05, 0.1) is 5.69 Å². The van der Waals surface area contributed by atoms with E-state index in [4.69, 9.17) is 5.11 Å². The SMILES string of the molecule is CCCc1c(C(=O)O)nnn1CCCSC. The molecule has 0 spiro atoms. The quantitative estimate of drug-likeness (QED) is 0.738. The summed E-state index contributed by atoms with van der Waals surface area (Å²) in [4.78, 5) is 10.9. The summed E-state index contributed by atoms with van der Waals surface area (Å²) in [5.74, 6) is 0.0629. The molecule has 0 atom stereocenters. The standard InChI is InChI=1S/C10H17N3O2S/c1-3-5-8-9(10(14)15)11-12-13(8)6-4-7-16-2/h3-7H2,1-2H3,(H,14,15). The molecule has 16 heavy (non-hydrogen) atoms. The molecule has 90 valence electrons. The molecule has 1 rings (SSSR count). The van der Waals surface area contributed by atoms with Gasteiger partial charge >= 0.3 is 5.97 Å². The normalized spacial score (nSPS) is 10.6. The smallest absolute Gasteiger partial charge is 0.358 e. The van der Waals surface area contributed by atoms with Gasteiger partial charge in [0.2, 0.25) is 0 Å². The zero-order valence-electron chi connectivity index (χ0n) is 9.64. The van der Waals surface area contributed by atoms with Gasteiger partial charge in [-0.25, -0.2) is 9.48 Å². The molecule has 0 bridgehead atoms. The van der Waals surface area contributed by atoms with E-state index in [1.54, 1.807) is 16.4 Å². The van der Waals surface area contributed by atoms with Crippen molar-refractivity contribution in [1.82, 2.24) is 15.0 Å². The third kappa shape index (κ3) is 3.23. The van der Waals surface area contributed by atoms with Crippen molar-refractivity contribution >= 4 is 17.7 Å². The van der Waals surface area contributed by atoms with E-state index in [-0.39, 0.29) is 5.69 Å². The minimum atomic E-state index is -0.987. The number of aromatic nitrogens is 3. The summed E-state index contributed by atoms with van der Waals surface area (Å²) in [5.41, 5.74) is 0.849. The van der Waals surface area contributed by atoms with Crippen LogP contribution in [0.2, 0.25) is 0 Å². The summed E-state index contributed by atoms with van der Waals surface area (Å²) in [6.07, 6.45) is 4.65. The van der Waals surface area contributed by atoms with Crippen LogP contribution < -0.4 is 0 Å². The zero-order valence-corrected chi connectivity index (χ0v) is 10.5. The Bertz CT molecular complexity index is 352. The zero-order chi connectivity index (χ0) is 12.0. The number of hydrogen-bond donors (Lipinski definition) is 1. The van der Waals surface area contributed by atoms with E-state index in [9.17, 15) is 4.79 Å². The number of carbonyl (C=O) groups is 1. The van der Waals surface area contributed by atoms with Gasteiger partial charge in [0.15, 0.2) is 5.69 Å².